The summed E-state index contributed by atoms with van der Waals surface area (Å²) in [7, 11) is 0. The van der Waals surface area contributed by atoms with Gasteiger partial charge in [0.05, 0.1) is 6.04 Å². The minimum absolute atomic E-state index is 0.455. The lowest BCUT2D eigenvalue weighted by atomic mass is 10.0. The zero-order valence-electron chi connectivity index (χ0n) is 9.57. The molecule has 1 heteroatoms. The van der Waals surface area contributed by atoms with E-state index in [2.05, 4.69) is 68.3 Å². The summed E-state index contributed by atoms with van der Waals surface area (Å²) in [6, 6.07) is 11.0. The van der Waals surface area contributed by atoms with E-state index in [1.54, 1.807) is 0 Å². The van der Waals surface area contributed by atoms with Gasteiger partial charge in [-0.2, -0.15) is 0 Å². The van der Waals surface area contributed by atoms with E-state index in [0.29, 0.717) is 6.04 Å². The van der Waals surface area contributed by atoms with E-state index in [-0.39, 0.29) is 0 Å². The highest BCUT2D eigenvalue weighted by atomic mass is 15.1. The number of allylic oxidation sites excluding steroid dienone is 2. The number of para-hydroxylation sites is 1. The molecule has 0 saturated heterocycles. The molecule has 1 unspecified atom stereocenters. The maximum absolute atomic E-state index is 2.32. The van der Waals surface area contributed by atoms with Crippen LogP contribution < -0.4 is 4.90 Å². The Hall–Kier alpha value is -1.50. The monoisotopic (exact) mass is 199 g/mol. The van der Waals surface area contributed by atoms with E-state index in [4.69, 9.17) is 0 Å². The zero-order valence-corrected chi connectivity index (χ0v) is 9.57. The lowest BCUT2D eigenvalue weighted by Crippen LogP contribution is -2.31. The Labute approximate surface area is 91.7 Å². The fourth-order valence-electron chi connectivity index (χ4n) is 1.97. The minimum Gasteiger partial charge on any atom is -0.341 e. The van der Waals surface area contributed by atoms with Crippen molar-refractivity contribution >= 4 is 5.69 Å². The molecule has 1 nitrogen and oxygen atoms in total. The molecule has 1 aromatic rings. The first kappa shape index (κ1) is 10.0. The Bertz CT molecular complexity index is 401. The van der Waals surface area contributed by atoms with Gasteiger partial charge in [0.1, 0.15) is 0 Å². The van der Waals surface area contributed by atoms with Gasteiger partial charge in [-0.3, -0.25) is 0 Å². The first-order valence-corrected chi connectivity index (χ1v) is 5.38. The minimum atomic E-state index is 0.455. The highest BCUT2D eigenvalue weighted by molar-refractivity contribution is 5.55. The molecule has 0 saturated carbocycles. The van der Waals surface area contributed by atoms with Crippen molar-refractivity contribution in [2.24, 2.45) is 0 Å². The van der Waals surface area contributed by atoms with Crippen LogP contribution >= 0.6 is 0 Å². The number of anilines is 1. The smallest absolute Gasteiger partial charge is 0.0518 e. The molecular weight excluding hydrogens is 182 g/mol. The van der Waals surface area contributed by atoms with Crippen molar-refractivity contribution in [3.05, 3.63) is 53.8 Å². The molecule has 1 atom stereocenters. The predicted octanol–water partition coefficient (Wildman–Crippen LogP) is 3.75. The van der Waals surface area contributed by atoms with Gasteiger partial charge in [0.15, 0.2) is 0 Å². The fraction of sp³-hybridized carbons (Fsp3) is 0.286. The van der Waals surface area contributed by atoms with Gasteiger partial charge in [-0.25, -0.2) is 0 Å². The van der Waals surface area contributed by atoms with E-state index < -0.39 is 0 Å². The van der Waals surface area contributed by atoms with Gasteiger partial charge in [-0.1, -0.05) is 29.8 Å². The Kier molecular flexibility index (Phi) is 2.63. The lowest BCUT2D eigenvalue weighted by Gasteiger charge is -2.32. The third-order valence-corrected chi connectivity index (χ3v) is 2.93. The third kappa shape index (κ3) is 1.96. The summed E-state index contributed by atoms with van der Waals surface area (Å²) < 4.78 is 0. The van der Waals surface area contributed by atoms with Crippen molar-refractivity contribution in [1.82, 2.24) is 0 Å². The van der Waals surface area contributed by atoms with Crippen molar-refractivity contribution < 1.29 is 0 Å². The molecule has 0 N–H and O–H groups in total. The molecule has 2 rings (SSSR count). The van der Waals surface area contributed by atoms with Gasteiger partial charge in [-0.15, -0.1) is 0 Å². The maximum Gasteiger partial charge on any atom is 0.0518 e. The largest absolute Gasteiger partial charge is 0.341 e. The van der Waals surface area contributed by atoms with Gasteiger partial charge >= 0.3 is 0 Å². The van der Waals surface area contributed by atoms with Crippen LogP contribution in [0.15, 0.2) is 53.8 Å². The Balaban J connectivity index is 2.36. The van der Waals surface area contributed by atoms with Gasteiger partial charge < -0.3 is 4.90 Å². The Morgan fingerprint density at radius 1 is 1.07 bits per heavy atom. The quantitative estimate of drug-likeness (QED) is 0.666. The molecule has 0 aliphatic carbocycles. The molecule has 15 heavy (non-hydrogen) atoms. The number of hydrogen-bond acceptors (Lipinski definition) is 1. The van der Waals surface area contributed by atoms with Crippen molar-refractivity contribution in [2.45, 2.75) is 26.8 Å². The van der Waals surface area contributed by atoms with Crippen molar-refractivity contribution in [3.63, 3.8) is 0 Å². The van der Waals surface area contributed by atoms with Gasteiger partial charge in [0.2, 0.25) is 0 Å². The second kappa shape index (κ2) is 3.93. The molecule has 0 spiro atoms. The van der Waals surface area contributed by atoms with E-state index in [0.717, 1.165) is 0 Å². The topological polar surface area (TPSA) is 3.24 Å². The summed E-state index contributed by atoms with van der Waals surface area (Å²) in [5.41, 5.74) is 3.99. The summed E-state index contributed by atoms with van der Waals surface area (Å²) in [6.07, 6.45) is 4.47. The summed E-state index contributed by atoms with van der Waals surface area (Å²) >= 11 is 0. The predicted molar refractivity (Wildman–Crippen MR) is 65.9 cm³/mol. The van der Waals surface area contributed by atoms with Gasteiger partial charge in [-0.05, 0) is 38.5 Å². The average molecular weight is 199 g/mol. The SMILES string of the molecule is CC1=CN(c2ccccc2)C(C)C(C)=C1. The molecule has 1 aliphatic rings. The fourth-order valence-corrected chi connectivity index (χ4v) is 1.97. The van der Waals surface area contributed by atoms with Gasteiger partial charge in [0.25, 0.3) is 0 Å². The highest BCUT2D eigenvalue weighted by Gasteiger charge is 2.17. The second-order valence-corrected chi connectivity index (χ2v) is 4.18. The van der Waals surface area contributed by atoms with Crippen molar-refractivity contribution in [2.75, 3.05) is 4.90 Å². The van der Waals surface area contributed by atoms with Crippen LogP contribution in [0, 0.1) is 0 Å². The zero-order chi connectivity index (χ0) is 10.8. The summed E-state index contributed by atoms with van der Waals surface area (Å²) in [6.45, 7) is 6.57. The van der Waals surface area contributed by atoms with Crippen LogP contribution in [-0.4, -0.2) is 6.04 Å². The van der Waals surface area contributed by atoms with Crippen molar-refractivity contribution in [1.29, 1.82) is 0 Å². The van der Waals surface area contributed by atoms with Crippen LogP contribution in [0.1, 0.15) is 20.8 Å². The third-order valence-electron chi connectivity index (χ3n) is 2.93. The summed E-state index contributed by atoms with van der Waals surface area (Å²) in [4.78, 5) is 2.32. The van der Waals surface area contributed by atoms with Crippen molar-refractivity contribution in [3.8, 4) is 0 Å². The van der Waals surface area contributed by atoms with Crippen LogP contribution in [0.2, 0.25) is 0 Å². The van der Waals surface area contributed by atoms with E-state index in [1.807, 2.05) is 0 Å². The molecule has 0 fully saturated rings. The summed E-state index contributed by atoms with van der Waals surface area (Å²) in [5, 5.41) is 0. The maximum atomic E-state index is 2.32. The van der Waals surface area contributed by atoms with E-state index >= 15 is 0 Å². The number of hydrogen-bond donors (Lipinski definition) is 0. The number of rotatable bonds is 1. The molecule has 78 valence electrons. The Morgan fingerprint density at radius 3 is 2.40 bits per heavy atom. The average Bonchev–Trinajstić information content (AvgIpc) is 2.24. The molecule has 0 radical (unpaired) electrons. The highest BCUT2D eigenvalue weighted by Crippen LogP contribution is 2.25. The molecule has 1 heterocycles. The van der Waals surface area contributed by atoms with Gasteiger partial charge in [0, 0.05) is 11.9 Å². The van der Waals surface area contributed by atoms with Crippen LogP contribution in [0.4, 0.5) is 5.69 Å². The van der Waals surface area contributed by atoms with Crippen LogP contribution in [0.3, 0.4) is 0 Å². The molecule has 1 aliphatic heterocycles. The number of benzene rings is 1. The van der Waals surface area contributed by atoms with E-state index in [1.165, 1.54) is 16.8 Å². The van der Waals surface area contributed by atoms with Crippen LogP contribution in [0.5, 0.6) is 0 Å². The van der Waals surface area contributed by atoms with E-state index in [9.17, 15) is 0 Å². The second-order valence-electron chi connectivity index (χ2n) is 4.18. The molecule has 0 aromatic heterocycles. The first-order chi connectivity index (χ1) is 7.18. The molecule has 1 aromatic carbocycles. The standard InChI is InChI=1S/C14H17N/c1-11-9-12(2)13(3)15(10-11)14-7-5-4-6-8-14/h4-10,13H,1-3H3. The normalized spacial score (nSPS) is 21.0. The van der Waals surface area contributed by atoms with Crippen LogP contribution in [0.25, 0.3) is 0 Å². The molecular formula is C14H17N. The molecule has 0 amide bonds. The number of nitrogens with zero attached hydrogens (tertiary/aromatic N) is 1. The lowest BCUT2D eigenvalue weighted by molar-refractivity contribution is 0.790. The molecule has 0 bridgehead atoms. The Morgan fingerprint density at radius 2 is 1.73 bits per heavy atom. The summed E-state index contributed by atoms with van der Waals surface area (Å²) in [5.74, 6) is 0. The van der Waals surface area contributed by atoms with Crippen LogP contribution in [-0.2, 0) is 0 Å². The first-order valence-electron chi connectivity index (χ1n) is 5.38.